The molecule has 0 saturated carbocycles. The van der Waals surface area contributed by atoms with Crippen LogP contribution in [0, 0.1) is 11.8 Å². The lowest BCUT2D eigenvalue weighted by Crippen LogP contribution is -2.54. The summed E-state index contributed by atoms with van der Waals surface area (Å²) in [7, 11) is 0. The molecule has 8 heteroatoms. The zero-order chi connectivity index (χ0) is 22.8. The lowest BCUT2D eigenvalue weighted by Gasteiger charge is -2.39. The minimum Gasteiger partial charge on any atom is -0.494 e. The van der Waals surface area contributed by atoms with Gasteiger partial charge in [-0.3, -0.25) is 14.8 Å². The second-order valence-corrected chi connectivity index (χ2v) is 8.39. The molecule has 1 heterocycles. The van der Waals surface area contributed by atoms with Gasteiger partial charge in [0.15, 0.2) is 0 Å². The third-order valence-electron chi connectivity index (χ3n) is 5.55. The van der Waals surface area contributed by atoms with Gasteiger partial charge in [-0.15, -0.1) is 0 Å². The molecule has 1 aliphatic heterocycles. The van der Waals surface area contributed by atoms with Gasteiger partial charge in [-0.05, 0) is 56.2 Å². The van der Waals surface area contributed by atoms with Crippen molar-refractivity contribution in [2.45, 2.75) is 58.6 Å². The number of hydrogen-bond acceptors (Lipinski definition) is 6. The van der Waals surface area contributed by atoms with Gasteiger partial charge < -0.3 is 19.5 Å². The van der Waals surface area contributed by atoms with E-state index in [-0.39, 0.29) is 11.9 Å². The van der Waals surface area contributed by atoms with Crippen molar-refractivity contribution in [1.82, 2.24) is 10.4 Å². The second kappa shape index (κ2) is 12.6. The Morgan fingerprint density at radius 2 is 2.00 bits per heavy atom. The fraction of sp³-hybridized carbons (Fsp3) is 0.652. The summed E-state index contributed by atoms with van der Waals surface area (Å²) in [6.45, 7) is 8.01. The van der Waals surface area contributed by atoms with Gasteiger partial charge in [0.2, 0.25) is 5.91 Å². The van der Waals surface area contributed by atoms with Gasteiger partial charge in [-0.25, -0.2) is 5.48 Å². The smallest absolute Gasteiger partial charge is 0.272 e. The molecule has 1 aliphatic rings. The molecule has 2 amide bonds. The first-order valence-electron chi connectivity index (χ1n) is 11.1. The van der Waals surface area contributed by atoms with Gasteiger partial charge >= 0.3 is 0 Å². The van der Waals surface area contributed by atoms with E-state index in [1.165, 1.54) is 5.48 Å². The number of hydroxylamine groups is 1. The van der Waals surface area contributed by atoms with Crippen LogP contribution in [-0.4, -0.2) is 65.5 Å². The first-order chi connectivity index (χ1) is 14.9. The molecule has 0 aromatic heterocycles. The van der Waals surface area contributed by atoms with Gasteiger partial charge in [0.1, 0.15) is 11.9 Å². The van der Waals surface area contributed by atoms with Gasteiger partial charge in [0.25, 0.3) is 5.91 Å². The lowest BCUT2D eigenvalue weighted by molar-refractivity contribution is -0.156. The zero-order valence-corrected chi connectivity index (χ0v) is 18.8. The quantitative estimate of drug-likeness (QED) is 0.362. The molecule has 1 aromatic rings. The molecule has 0 unspecified atom stereocenters. The van der Waals surface area contributed by atoms with E-state index in [0.717, 1.165) is 17.7 Å². The molecule has 0 aliphatic carbocycles. The molecule has 3 atom stereocenters. The molecule has 0 bridgehead atoms. The predicted octanol–water partition coefficient (Wildman–Crippen LogP) is 2.16. The molecule has 3 N–H and O–H groups in total. The Morgan fingerprint density at radius 1 is 1.29 bits per heavy atom. The predicted molar refractivity (Wildman–Crippen MR) is 116 cm³/mol. The van der Waals surface area contributed by atoms with Gasteiger partial charge in [0.05, 0.1) is 31.8 Å². The Balaban J connectivity index is 2.06. The van der Waals surface area contributed by atoms with Crippen LogP contribution in [0.5, 0.6) is 5.75 Å². The van der Waals surface area contributed by atoms with Crippen LogP contribution >= 0.6 is 0 Å². The van der Waals surface area contributed by atoms with Crippen molar-refractivity contribution < 1.29 is 29.4 Å². The molecular formula is C23H36N2O6. The van der Waals surface area contributed by atoms with Crippen LogP contribution in [0.4, 0.5) is 0 Å². The number of aliphatic hydroxyl groups is 1. The topological polar surface area (TPSA) is 108 Å². The molecule has 174 valence electrons. The number of aryl methyl sites for hydroxylation is 1. The molecule has 0 radical (unpaired) electrons. The van der Waals surface area contributed by atoms with Gasteiger partial charge in [0, 0.05) is 6.54 Å². The van der Waals surface area contributed by atoms with E-state index in [4.69, 9.17) is 14.7 Å². The van der Waals surface area contributed by atoms with E-state index < -0.39 is 17.9 Å². The summed E-state index contributed by atoms with van der Waals surface area (Å²) < 4.78 is 11.0. The molecule has 8 nitrogen and oxygen atoms in total. The first-order valence-corrected chi connectivity index (χ1v) is 11.1. The molecule has 1 fully saturated rings. The number of amides is 2. The van der Waals surface area contributed by atoms with Crippen LogP contribution in [0.2, 0.25) is 0 Å². The van der Waals surface area contributed by atoms with Crippen molar-refractivity contribution in [3.05, 3.63) is 29.8 Å². The normalized spacial score (nSPS) is 18.5. The Morgan fingerprint density at radius 3 is 2.61 bits per heavy atom. The fourth-order valence-electron chi connectivity index (χ4n) is 4.01. The van der Waals surface area contributed by atoms with Crippen LogP contribution in [0.25, 0.3) is 0 Å². The highest BCUT2D eigenvalue weighted by Crippen LogP contribution is 2.24. The average molecular weight is 437 g/mol. The molecular weight excluding hydrogens is 400 g/mol. The van der Waals surface area contributed by atoms with Crippen LogP contribution in [0.15, 0.2) is 24.3 Å². The Kier molecular flexibility index (Phi) is 10.2. The second-order valence-electron chi connectivity index (χ2n) is 8.39. The Hall–Kier alpha value is -2.16. The SMILES string of the molecule is CCOc1ccc(CCC[C@@H](C(=O)N2CCOC[C@@H]2CC(C)C)[C@H](O)C(=O)NO)cc1. The summed E-state index contributed by atoms with van der Waals surface area (Å²) in [5.74, 6) is -0.976. The number of morpholine rings is 1. The highest BCUT2D eigenvalue weighted by atomic mass is 16.5. The van der Waals surface area contributed by atoms with E-state index in [2.05, 4.69) is 13.8 Å². The third kappa shape index (κ3) is 7.48. The van der Waals surface area contributed by atoms with Crippen molar-refractivity contribution in [3.8, 4) is 5.75 Å². The van der Waals surface area contributed by atoms with Crippen LogP contribution in [0.3, 0.4) is 0 Å². The number of rotatable bonds is 11. The van der Waals surface area contributed by atoms with Crippen LogP contribution in [0.1, 0.15) is 45.6 Å². The van der Waals surface area contributed by atoms with Gasteiger partial charge in [-0.2, -0.15) is 0 Å². The summed E-state index contributed by atoms with van der Waals surface area (Å²) in [5, 5.41) is 19.4. The highest BCUT2D eigenvalue weighted by Gasteiger charge is 2.38. The third-order valence-corrected chi connectivity index (χ3v) is 5.55. The van der Waals surface area contributed by atoms with Crippen LogP contribution in [-0.2, 0) is 20.7 Å². The number of nitrogens with zero attached hydrogens (tertiary/aromatic N) is 1. The van der Waals surface area contributed by atoms with E-state index in [9.17, 15) is 14.7 Å². The summed E-state index contributed by atoms with van der Waals surface area (Å²) in [4.78, 5) is 27.0. The molecule has 1 aromatic carbocycles. The highest BCUT2D eigenvalue weighted by molar-refractivity contribution is 5.88. The van der Waals surface area contributed by atoms with Crippen molar-refractivity contribution in [2.24, 2.45) is 11.8 Å². The van der Waals surface area contributed by atoms with Crippen LogP contribution < -0.4 is 10.2 Å². The summed E-state index contributed by atoms with van der Waals surface area (Å²) in [5.41, 5.74) is 2.56. The number of hydrogen-bond donors (Lipinski definition) is 3. The zero-order valence-electron chi connectivity index (χ0n) is 18.8. The van der Waals surface area contributed by atoms with E-state index in [0.29, 0.717) is 51.5 Å². The number of benzene rings is 1. The molecule has 2 rings (SSSR count). The van der Waals surface area contributed by atoms with E-state index >= 15 is 0 Å². The van der Waals surface area contributed by atoms with E-state index in [1.807, 2.05) is 31.2 Å². The molecule has 1 saturated heterocycles. The first kappa shape index (κ1) is 25.1. The Labute approximate surface area is 184 Å². The Bertz CT molecular complexity index is 694. The number of nitrogens with one attached hydrogen (secondary N) is 1. The minimum absolute atomic E-state index is 0.0840. The number of carbonyl (C=O) groups excluding carboxylic acids is 2. The largest absolute Gasteiger partial charge is 0.494 e. The van der Waals surface area contributed by atoms with Crippen molar-refractivity contribution in [3.63, 3.8) is 0 Å². The number of aliphatic hydroxyl groups excluding tert-OH is 1. The maximum atomic E-state index is 13.3. The monoisotopic (exact) mass is 436 g/mol. The number of carbonyl (C=O) groups is 2. The van der Waals surface area contributed by atoms with Gasteiger partial charge in [-0.1, -0.05) is 26.0 Å². The molecule has 0 spiro atoms. The van der Waals surface area contributed by atoms with Crippen molar-refractivity contribution in [2.75, 3.05) is 26.4 Å². The lowest BCUT2D eigenvalue weighted by atomic mass is 9.91. The van der Waals surface area contributed by atoms with E-state index in [1.54, 1.807) is 4.90 Å². The average Bonchev–Trinajstić information content (AvgIpc) is 2.76. The summed E-state index contributed by atoms with van der Waals surface area (Å²) in [6, 6.07) is 7.66. The summed E-state index contributed by atoms with van der Waals surface area (Å²) >= 11 is 0. The maximum absolute atomic E-state index is 13.3. The number of ether oxygens (including phenoxy) is 2. The summed E-state index contributed by atoms with van der Waals surface area (Å²) in [6.07, 6.45) is 0.807. The van der Waals surface area contributed by atoms with Crippen molar-refractivity contribution in [1.29, 1.82) is 0 Å². The van der Waals surface area contributed by atoms with Crippen molar-refractivity contribution >= 4 is 11.8 Å². The standard InChI is InChI=1S/C23H36N2O6/c1-4-31-19-10-8-17(9-11-19)6-5-7-20(21(26)22(27)24-29)23(28)25-12-13-30-15-18(25)14-16(2)3/h8-11,16,18,20-21,26,29H,4-7,12-15H2,1-3H3,(H,24,27)/t18-,20+,21-/m0/s1. The maximum Gasteiger partial charge on any atom is 0.272 e. The minimum atomic E-state index is -1.61. The molecule has 31 heavy (non-hydrogen) atoms. The fourth-order valence-corrected chi connectivity index (χ4v) is 4.01.